The normalized spacial score (nSPS) is 18.0. The van der Waals surface area contributed by atoms with Crippen LogP contribution in [-0.4, -0.2) is 188 Å². The number of ether oxygens (including phenoxy) is 3. The lowest BCUT2D eigenvalue weighted by molar-refractivity contribution is -0.137. The van der Waals surface area contributed by atoms with E-state index in [-0.39, 0.29) is 61.0 Å². The molecule has 18 heteroatoms. The third-order valence-electron chi connectivity index (χ3n) is 15.5. The van der Waals surface area contributed by atoms with E-state index in [9.17, 15) is 24.0 Å². The summed E-state index contributed by atoms with van der Waals surface area (Å²) in [7, 11) is 1.63. The lowest BCUT2D eigenvalue weighted by Crippen LogP contribution is -2.51. The van der Waals surface area contributed by atoms with Crippen LogP contribution >= 0.6 is 0 Å². The van der Waals surface area contributed by atoms with Gasteiger partial charge in [-0.3, -0.25) is 28.9 Å². The summed E-state index contributed by atoms with van der Waals surface area (Å²) in [5.74, 6) is 1.20. The van der Waals surface area contributed by atoms with E-state index in [4.69, 9.17) is 14.2 Å². The van der Waals surface area contributed by atoms with Crippen LogP contribution in [0, 0.1) is 11.7 Å². The van der Waals surface area contributed by atoms with Crippen LogP contribution in [0.4, 0.5) is 4.39 Å². The van der Waals surface area contributed by atoms with Gasteiger partial charge in [0.1, 0.15) is 23.9 Å². The fraction of sp³-hybridized carbons (Fsp3) is 0.483. The molecule has 0 aliphatic carbocycles. The van der Waals surface area contributed by atoms with E-state index in [2.05, 4.69) is 31.4 Å². The molecule has 5 heterocycles. The number of likely N-dealkylation sites (tertiary alicyclic amines) is 2. The summed E-state index contributed by atoms with van der Waals surface area (Å²) in [6.07, 6.45) is 4.37. The van der Waals surface area contributed by atoms with Gasteiger partial charge < -0.3 is 44.0 Å². The molecule has 1 atom stereocenters. The molecule has 2 N–H and O–H groups in total. The van der Waals surface area contributed by atoms with E-state index >= 15 is 4.39 Å². The number of carbonyl (C=O) groups is 4. The molecule has 17 nitrogen and oxygen atoms in total. The Labute approximate surface area is 444 Å². The first-order valence-electron chi connectivity index (χ1n) is 27.0. The zero-order valence-corrected chi connectivity index (χ0v) is 44.0. The maximum Gasteiger partial charge on any atom is 0.272 e. The number of halogens is 1. The number of piperazine rings is 2. The number of piperidine rings is 2. The van der Waals surface area contributed by atoms with Crippen LogP contribution < -0.4 is 20.3 Å². The number of methoxy groups -OCH3 is 1. The summed E-state index contributed by atoms with van der Waals surface area (Å²) < 4.78 is 32.0. The summed E-state index contributed by atoms with van der Waals surface area (Å²) in [6.45, 7) is 13.1. The van der Waals surface area contributed by atoms with Crippen molar-refractivity contribution in [2.45, 2.75) is 51.5 Å². The molecule has 404 valence electrons. The molecular formula is C58H72FN9O8. The summed E-state index contributed by atoms with van der Waals surface area (Å²) in [5, 5.41) is 11.3. The lowest BCUT2D eigenvalue weighted by Gasteiger charge is -2.39. The van der Waals surface area contributed by atoms with Crippen LogP contribution in [-0.2, 0) is 27.3 Å². The first-order chi connectivity index (χ1) is 37.0. The molecule has 0 radical (unpaired) electrons. The van der Waals surface area contributed by atoms with Gasteiger partial charge in [0.25, 0.3) is 17.4 Å². The van der Waals surface area contributed by atoms with Gasteiger partial charge in [0.2, 0.25) is 11.8 Å². The monoisotopic (exact) mass is 1040 g/mol. The summed E-state index contributed by atoms with van der Waals surface area (Å²) in [5.41, 5.74) is 3.78. The van der Waals surface area contributed by atoms with Gasteiger partial charge in [-0.25, -0.2) is 9.49 Å². The van der Waals surface area contributed by atoms with E-state index in [0.717, 1.165) is 94.1 Å². The fourth-order valence-corrected chi connectivity index (χ4v) is 11.1. The van der Waals surface area contributed by atoms with Gasteiger partial charge in [-0.1, -0.05) is 42.5 Å². The Morgan fingerprint density at radius 3 is 2.28 bits per heavy atom. The highest BCUT2D eigenvalue weighted by molar-refractivity contribution is 5.95. The summed E-state index contributed by atoms with van der Waals surface area (Å²) >= 11 is 0. The molecule has 0 bridgehead atoms. The molecule has 4 amide bonds. The molecule has 5 aromatic rings. The highest BCUT2D eigenvalue weighted by Gasteiger charge is 2.30. The highest BCUT2D eigenvalue weighted by atomic mass is 19.1. The molecule has 4 saturated heterocycles. The lowest BCUT2D eigenvalue weighted by atomic mass is 9.89. The second-order valence-electron chi connectivity index (χ2n) is 20.5. The maximum absolute atomic E-state index is 15.0. The third kappa shape index (κ3) is 13.6. The van der Waals surface area contributed by atoms with Gasteiger partial charge in [0.15, 0.2) is 0 Å². The van der Waals surface area contributed by atoms with Crippen LogP contribution in [0.15, 0.2) is 89.7 Å². The molecule has 9 rings (SSSR count). The van der Waals surface area contributed by atoms with E-state index < -0.39 is 11.7 Å². The van der Waals surface area contributed by atoms with Crippen molar-refractivity contribution in [2.75, 3.05) is 125 Å². The first kappa shape index (κ1) is 54.1. The van der Waals surface area contributed by atoms with Crippen molar-refractivity contribution in [2.24, 2.45) is 5.92 Å². The average molecular weight is 1040 g/mol. The number of H-pyrrole nitrogens is 1. The minimum Gasteiger partial charge on any atom is -0.497 e. The molecular weight excluding hydrogens is 970 g/mol. The van der Waals surface area contributed by atoms with Crippen molar-refractivity contribution in [3.8, 4) is 11.5 Å². The molecule has 4 aliphatic rings. The molecule has 0 saturated carbocycles. The SMILES string of the molecule is CCOc1cc(OC)ccc1CNCC(=O)N1CCCC(c2cccc(C(=O)N3CCN(CC4CCN(CCOCC(=O)N5CCN(C(=O)c6cc(Cc7n[nH]c(=O)c8ccccc78)ccc6F)CC5)CC4)CC3)c2)C1. The quantitative estimate of drug-likeness (QED) is 0.106. The van der Waals surface area contributed by atoms with Crippen LogP contribution in [0.2, 0.25) is 0 Å². The van der Waals surface area contributed by atoms with Crippen molar-refractivity contribution in [3.05, 3.63) is 135 Å². The summed E-state index contributed by atoms with van der Waals surface area (Å²) in [6, 6.07) is 25.4. The first-order valence-corrected chi connectivity index (χ1v) is 27.0. The van der Waals surface area contributed by atoms with E-state index in [0.29, 0.717) is 92.4 Å². The number of nitrogens with one attached hydrogen (secondary N) is 2. The maximum atomic E-state index is 15.0. The van der Waals surface area contributed by atoms with Crippen molar-refractivity contribution < 1.29 is 37.8 Å². The fourth-order valence-electron chi connectivity index (χ4n) is 11.1. The number of hydrogen-bond donors (Lipinski definition) is 2. The van der Waals surface area contributed by atoms with Crippen LogP contribution in [0.5, 0.6) is 11.5 Å². The highest BCUT2D eigenvalue weighted by Crippen LogP contribution is 2.29. The second kappa shape index (κ2) is 25.9. The molecule has 0 spiro atoms. The Hall–Kier alpha value is -6.73. The van der Waals surface area contributed by atoms with E-state index in [1.54, 1.807) is 41.2 Å². The van der Waals surface area contributed by atoms with Crippen LogP contribution in [0.3, 0.4) is 0 Å². The molecule has 76 heavy (non-hydrogen) atoms. The Bertz CT molecular complexity index is 2880. The molecule has 4 aromatic carbocycles. The molecule has 4 fully saturated rings. The third-order valence-corrected chi connectivity index (χ3v) is 15.5. The number of aromatic nitrogens is 2. The van der Waals surface area contributed by atoms with Crippen LogP contribution in [0.25, 0.3) is 10.8 Å². The predicted octanol–water partition coefficient (Wildman–Crippen LogP) is 5.03. The number of nitrogens with zero attached hydrogens (tertiary/aromatic N) is 7. The van der Waals surface area contributed by atoms with Gasteiger partial charge in [-0.15, -0.1) is 0 Å². The van der Waals surface area contributed by atoms with E-state index in [1.165, 1.54) is 6.07 Å². The number of aromatic amines is 1. The zero-order valence-electron chi connectivity index (χ0n) is 44.0. The minimum absolute atomic E-state index is 0.0290. The van der Waals surface area contributed by atoms with Crippen molar-refractivity contribution in [1.82, 2.24) is 44.9 Å². The van der Waals surface area contributed by atoms with Gasteiger partial charge in [-0.2, -0.15) is 5.10 Å². The van der Waals surface area contributed by atoms with Crippen molar-refractivity contribution in [3.63, 3.8) is 0 Å². The molecule has 1 unspecified atom stereocenters. The largest absolute Gasteiger partial charge is 0.497 e. The number of carbonyl (C=O) groups excluding carboxylic acids is 4. The smallest absolute Gasteiger partial charge is 0.272 e. The number of fused-ring (bicyclic) bond motifs is 1. The Morgan fingerprint density at radius 1 is 0.750 bits per heavy atom. The molecule has 1 aromatic heterocycles. The predicted molar refractivity (Wildman–Crippen MR) is 287 cm³/mol. The number of hydrogen-bond acceptors (Lipinski definition) is 12. The number of benzene rings is 4. The van der Waals surface area contributed by atoms with Gasteiger partial charge >= 0.3 is 0 Å². The second-order valence-corrected chi connectivity index (χ2v) is 20.5. The van der Waals surface area contributed by atoms with Gasteiger partial charge in [0, 0.05) is 120 Å². The van der Waals surface area contributed by atoms with E-state index in [1.807, 2.05) is 65.3 Å². The standard InChI is InChI=1S/C58H72FN9O8/c1-3-76-53-35-47(74-2)15-14-45(53)36-60-37-54(69)68-19-7-10-46(39-68)43-8-6-9-44(34-43)57(72)66-24-22-64(23-25-66)38-41-17-20-63(21-18-41)30-31-75-40-55(70)65-26-28-67(29-27-65)58(73)50-32-42(13-16-51(50)59)33-52-48-11-4-5-12-49(48)56(71)62-61-52/h4-6,8-9,11-16,32,34-35,41,46,60H,3,7,10,17-31,33,36-40H2,1-2H3,(H,62,71). The Kier molecular flexibility index (Phi) is 18.4. The van der Waals surface area contributed by atoms with Gasteiger partial charge in [0.05, 0.1) is 43.5 Å². The van der Waals surface area contributed by atoms with Gasteiger partial charge in [-0.05, 0) is 99.1 Å². The average Bonchev–Trinajstić information content (AvgIpc) is 3.46. The number of rotatable bonds is 19. The topological polar surface area (TPSA) is 173 Å². The Balaban J connectivity index is 0.638. The van der Waals surface area contributed by atoms with Crippen molar-refractivity contribution >= 4 is 34.4 Å². The zero-order chi connectivity index (χ0) is 53.0. The van der Waals surface area contributed by atoms with Crippen LogP contribution in [0.1, 0.15) is 81.6 Å². The van der Waals surface area contributed by atoms with Crippen molar-refractivity contribution in [1.29, 1.82) is 0 Å². The minimum atomic E-state index is -0.614. The molecule has 4 aliphatic heterocycles. The summed E-state index contributed by atoms with van der Waals surface area (Å²) in [4.78, 5) is 78.1. The number of amides is 4. The Morgan fingerprint density at radius 2 is 1.50 bits per heavy atom.